The maximum absolute atomic E-state index is 13.8. The van der Waals surface area contributed by atoms with Crippen LogP contribution in [-0.2, 0) is 4.74 Å². The number of alkyl halides is 2. The predicted molar refractivity (Wildman–Crippen MR) is 108 cm³/mol. The van der Waals surface area contributed by atoms with Gasteiger partial charge in [0.05, 0.1) is 35.3 Å². The van der Waals surface area contributed by atoms with E-state index in [1.165, 1.54) is 6.20 Å². The summed E-state index contributed by atoms with van der Waals surface area (Å²) in [5.74, 6) is -2.86. The zero-order valence-electron chi connectivity index (χ0n) is 16.9. The van der Waals surface area contributed by atoms with E-state index in [1.807, 2.05) is 0 Å². The molecule has 172 valence electrons. The first-order valence-corrected chi connectivity index (χ1v) is 10.9. The van der Waals surface area contributed by atoms with Crippen molar-refractivity contribution >= 4 is 11.8 Å². The number of nitrogens with zero attached hydrogens (tertiary/aromatic N) is 4. The van der Waals surface area contributed by atoms with Crippen LogP contribution in [0.3, 0.4) is 0 Å². The van der Waals surface area contributed by atoms with Crippen LogP contribution in [-0.4, -0.2) is 73.3 Å². The van der Waals surface area contributed by atoms with Crippen LogP contribution in [0.25, 0.3) is 10.4 Å². The summed E-state index contributed by atoms with van der Waals surface area (Å²) in [6, 6.07) is 2.20. The van der Waals surface area contributed by atoms with Crippen molar-refractivity contribution in [1.82, 2.24) is 4.98 Å². The van der Waals surface area contributed by atoms with Crippen molar-refractivity contribution in [2.45, 2.75) is 79.2 Å². The number of hydrogen-bond acceptors (Lipinski definition) is 8. The van der Waals surface area contributed by atoms with E-state index < -0.39 is 66.0 Å². The summed E-state index contributed by atoms with van der Waals surface area (Å²) in [5.41, 5.74) is 7.31. The molecule has 2 heterocycles. The summed E-state index contributed by atoms with van der Waals surface area (Å²) in [7, 11) is 0. The van der Waals surface area contributed by atoms with E-state index in [-0.39, 0.29) is 12.8 Å². The topological polar surface area (TPSA) is 152 Å². The van der Waals surface area contributed by atoms with Gasteiger partial charge >= 0.3 is 0 Å². The Balaban J connectivity index is 1.95. The molecule has 3 rings (SSSR count). The van der Waals surface area contributed by atoms with E-state index in [0.29, 0.717) is 5.69 Å². The standard InChI is InChI=1S/C19H26F2N4O5S/c1-10-3-2-8-23-12(10)16(18(29)4-6-19(20,21)7-5-18)31-17-15(28)13(24-25-22)14(27)11(9-26)30-17/h2-3,8,11,13-17,26-29H,4-7,9H2,1H3/t11-,13+,14+,15-,16?,17+/m1/s1. The van der Waals surface area contributed by atoms with Crippen molar-refractivity contribution < 1.29 is 33.9 Å². The number of thioether (sulfide) groups is 1. The van der Waals surface area contributed by atoms with E-state index in [0.717, 1.165) is 17.3 Å². The predicted octanol–water partition coefficient (Wildman–Crippen LogP) is 2.22. The SMILES string of the molecule is Cc1cccnc1C(S[C@@H]1O[C@H](CO)[C@H](O)[C@H](N=[N+]=[N-])[C@H]1O)C1(O)CCC(F)(F)CC1. The molecule has 0 aromatic carbocycles. The van der Waals surface area contributed by atoms with Crippen LogP contribution in [0, 0.1) is 6.92 Å². The molecule has 12 heteroatoms. The van der Waals surface area contributed by atoms with Gasteiger partial charge in [-0.15, -0.1) is 11.8 Å². The minimum absolute atomic E-state index is 0.178. The maximum Gasteiger partial charge on any atom is 0.248 e. The van der Waals surface area contributed by atoms with Crippen LogP contribution in [0.4, 0.5) is 8.78 Å². The maximum atomic E-state index is 13.8. The van der Waals surface area contributed by atoms with Crippen molar-refractivity contribution in [2.24, 2.45) is 5.11 Å². The Bertz CT molecular complexity index is 818. The lowest BCUT2D eigenvalue weighted by atomic mass is 9.79. The van der Waals surface area contributed by atoms with E-state index in [2.05, 4.69) is 15.0 Å². The van der Waals surface area contributed by atoms with Crippen LogP contribution >= 0.6 is 11.8 Å². The van der Waals surface area contributed by atoms with Gasteiger partial charge in [0, 0.05) is 24.0 Å². The number of aliphatic hydroxyl groups is 4. The lowest BCUT2D eigenvalue weighted by Gasteiger charge is -2.45. The Hall–Kier alpha value is -1.53. The molecule has 1 saturated carbocycles. The third kappa shape index (κ3) is 5.11. The van der Waals surface area contributed by atoms with E-state index in [9.17, 15) is 29.2 Å². The second-order valence-corrected chi connectivity index (χ2v) is 9.29. The summed E-state index contributed by atoms with van der Waals surface area (Å²) >= 11 is 0.962. The van der Waals surface area contributed by atoms with Crippen LogP contribution in [0.15, 0.2) is 23.4 Å². The smallest absolute Gasteiger partial charge is 0.248 e. The number of pyridine rings is 1. The second kappa shape index (κ2) is 9.53. The molecule has 9 nitrogen and oxygen atoms in total. The highest BCUT2D eigenvalue weighted by atomic mass is 32.2. The minimum atomic E-state index is -2.86. The quantitative estimate of drug-likeness (QED) is 0.289. The molecule has 0 spiro atoms. The Morgan fingerprint density at radius 1 is 1.32 bits per heavy atom. The van der Waals surface area contributed by atoms with Crippen molar-refractivity contribution in [3.05, 3.63) is 40.0 Å². The molecule has 1 unspecified atom stereocenters. The second-order valence-electron chi connectivity index (χ2n) is 8.08. The van der Waals surface area contributed by atoms with Crippen molar-refractivity contribution in [2.75, 3.05) is 6.61 Å². The van der Waals surface area contributed by atoms with Gasteiger partial charge in [-0.1, -0.05) is 11.2 Å². The Morgan fingerprint density at radius 2 is 2.00 bits per heavy atom. The molecule has 1 aromatic rings. The highest BCUT2D eigenvalue weighted by Crippen LogP contribution is 2.52. The Labute approximate surface area is 182 Å². The van der Waals surface area contributed by atoms with Crippen molar-refractivity contribution in [3.63, 3.8) is 0 Å². The number of azide groups is 1. The van der Waals surface area contributed by atoms with Gasteiger partial charge in [-0.2, -0.15) is 0 Å². The zero-order valence-corrected chi connectivity index (χ0v) is 17.7. The highest BCUT2D eigenvalue weighted by molar-refractivity contribution is 8.00. The van der Waals surface area contributed by atoms with Gasteiger partial charge in [0.2, 0.25) is 5.92 Å². The number of aromatic nitrogens is 1. The molecular weight excluding hydrogens is 434 g/mol. The minimum Gasteiger partial charge on any atom is -0.394 e. The first-order chi connectivity index (χ1) is 14.6. The largest absolute Gasteiger partial charge is 0.394 e. The summed E-state index contributed by atoms with van der Waals surface area (Å²) in [6.07, 6.45) is -3.83. The number of ether oxygens (including phenoxy) is 1. The Kier molecular flexibility index (Phi) is 7.42. The van der Waals surface area contributed by atoms with E-state index in [4.69, 9.17) is 10.3 Å². The lowest BCUT2D eigenvalue weighted by molar-refractivity contribution is -0.160. The van der Waals surface area contributed by atoms with Gasteiger partial charge in [0.1, 0.15) is 17.6 Å². The average molecular weight is 461 g/mol. The van der Waals surface area contributed by atoms with Crippen LogP contribution < -0.4 is 0 Å². The fraction of sp³-hybridized carbons (Fsp3) is 0.737. The van der Waals surface area contributed by atoms with Crippen LogP contribution in [0.5, 0.6) is 0 Å². The molecule has 1 aliphatic heterocycles. The van der Waals surface area contributed by atoms with Gasteiger partial charge in [-0.25, -0.2) is 8.78 Å². The third-order valence-corrected chi connectivity index (χ3v) is 7.53. The normalized spacial score (nSPS) is 33.3. The molecule has 0 radical (unpaired) electrons. The third-order valence-electron chi connectivity index (χ3n) is 5.94. The zero-order chi connectivity index (χ0) is 22.8. The van der Waals surface area contributed by atoms with Gasteiger partial charge in [0.25, 0.3) is 0 Å². The lowest BCUT2D eigenvalue weighted by Crippen LogP contribution is -2.57. The number of hydrogen-bond donors (Lipinski definition) is 4. The molecule has 2 fully saturated rings. The van der Waals surface area contributed by atoms with Crippen molar-refractivity contribution in [1.29, 1.82) is 0 Å². The summed E-state index contributed by atoms with van der Waals surface area (Å²) < 4.78 is 33.2. The molecule has 1 aromatic heterocycles. The summed E-state index contributed by atoms with van der Waals surface area (Å²) in [6.45, 7) is 1.18. The van der Waals surface area contributed by atoms with E-state index in [1.54, 1.807) is 19.1 Å². The summed E-state index contributed by atoms with van der Waals surface area (Å²) in [5, 5.41) is 44.5. The number of rotatable bonds is 6. The van der Waals surface area contributed by atoms with E-state index >= 15 is 0 Å². The summed E-state index contributed by atoms with van der Waals surface area (Å²) in [4.78, 5) is 7.00. The number of aliphatic hydroxyl groups excluding tert-OH is 3. The van der Waals surface area contributed by atoms with Gasteiger partial charge in [-0.3, -0.25) is 4.98 Å². The fourth-order valence-corrected chi connectivity index (χ4v) is 5.70. The van der Waals surface area contributed by atoms with Crippen LogP contribution in [0.2, 0.25) is 0 Å². The molecule has 0 amide bonds. The molecule has 31 heavy (non-hydrogen) atoms. The van der Waals surface area contributed by atoms with Gasteiger partial charge < -0.3 is 25.2 Å². The molecule has 2 aliphatic rings. The monoisotopic (exact) mass is 460 g/mol. The van der Waals surface area contributed by atoms with Gasteiger partial charge in [-0.05, 0) is 36.9 Å². The number of aryl methyl sites for hydroxylation is 1. The Morgan fingerprint density at radius 3 is 2.58 bits per heavy atom. The fourth-order valence-electron chi connectivity index (χ4n) is 4.04. The molecular formula is C19H26F2N4O5S. The molecule has 6 atom stereocenters. The molecule has 1 aliphatic carbocycles. The average Bonchev–Trinajstić information content (AvgIpc) is 2.74. The first-order valence-electron chi connectivity index (χ1n) is 9.96. The van der Waals surface area contributed by atoms with Gasteiger partial charge in [0.15, 0.2) is 0 Å². The van der Waals surface area contributed by atoms with Crippen LogP contribution in [0.1, 0.15) is 42.2 Å². The highest BCUT2D eigenvalue weighted by Gasteiger charge is 2.51. The first kappa shape index (κ1) is 24.1. The number of halogens is 2. The van der Waals surface area contributed by atoms with Crippen molar-refractivity contribution in [3.8, 4) is 0 Å². The molecule has 0 bridgehead atoms. The molecule has 1 saturated heterocycles. The molecule has 4 N–H and O–H groups in total.